The van der Waals surface area contributed by atoms with Crippen LogP contribution in [-0.4, -0.2) is 12.6 Å². The highest BCUT2D eigenvalue weighted by Crippen LogP contribution is 2.35. The van der Waals surface area contributed by atoms with Gasteiger partial charge < -0.3 is 10.1 Å². The van der Waals surface area contributed by atoms with Crippen molar-refractivity contribution in [2.24, 2.45) is 0 Å². The SMILES string of the molecule is Brc1cc(Br)c(NCC2Cc3ccccc3O2)c(Br)c1. The Balaban J connectivity index is 1.67. The highest BCUT2D eigenvalue weighted by Gasteiger charge is 2.22. The third-order valence-electron chi connectivity index (χ3n) is 3.23. The summed E-state index contributed by atoms with van der Waals surface area (Å²) in [5, 5.41) is 3.45. The van der Waals surface area contributed by atoms with Crippen molar-refractivity contribution in [3.05, 3.63) is 55.4 Å². The molecule has 0 radical (unpaired) electrons. The first kappa shape index (κ1) is 14.4. The van der Waals surface area contributed by atoms with Gasteiger partial charge in [-0.25, -0.2) is 0 Å². The minimum Gasteiger partial charge on any atom is -0.488 e. The molecule has 0 amide bonds. The number of para-hydroxylation sites is 1. The topological polar surface area (TPSA) is 21.3 Å². The van der Waals surface area contributed by atoms with Gasteiger partial charge in [0.25, 0.3) is 0 Å². The Bertz CT molecular complexity index is 597. The molecule has 1 aliphatic heterocycles. The van der Waals surface area contributed by atoms with Crippen LogP contribution >= 0.6 is 47.8 Å². The van der Waals surface area contributed by atoms with Crippen molar-refractivity contribution < 1.29 is 4.74 Å². The van der Waals surface area contributed by atoms with Crippen LogP contribution in [0.4, 0.5) is 5.69 Å². The van der Waals surface area contributed by atoms with Crippen molar-refractivity contribution in [2.75, 3.05) is 11.9 Å². The normalized spacial score (nSPS) is 16.6. The first-order valence-electron chi connectivity index (χ1n) is 6.26. The summed E-state index contributed by atoms with van der Waals surface area (Å²) < 4.78 is 9.01. The third kappa shape index (κ3) is 3.05. The van der Waals surface area contributed by atoms with E-state index in [0.717, 1.165) is 37.8 Å². The van der Waals surface area contributed by atoms with Crippen molar-refractivity contribution in [3.63, 3.8) is 0 Å². The number of hydrogen-bond donors (Lipinski definition) is 1. The molecule has 2 aromatic carbocycles. The smallest absolute Gasteiger partial charge is 0.123 e. The van der Waals surface area contributed by atoms with Crippen molar-refractivity contribution in [1.82, 2.24) is 0 Å². The Morgan fingerprint density at radius 3 is 2.50 bits per heavy atom. The zero-order chi connectivity index (χ0) is 14.1. The lowest BCUT2D eigenvalue weighted by Crippen LogP contribution is -2.24. The lowest BCUT2D eigenvalue weighted by molar-refractivity contribution is 0.246. The van der Waals surface area contributed by atoms with Crippen LogP contribution in [-0.2, 0) is 6.42 Å². The molecule has 2 nitrogen and oxygen atoms in total. The number of halogens is 3. The van der Waals surface area contributed by atoms with Gasteiger partial charge in [-0.15, -0.1) is 0 Å². The van der Waals surface area contributed by atoms with Crippen LogP contribution in [0.25, 0.3) is 0 Å². The molecule has 0 saturated heterocycles. The van der Waals surface area contributed by atoms with E-state index in [0.29, 0.717) is 0 Å². The number of hydrogen-bond acceptors (Lipinski definition) is 2. The van der Waals surface area contributed by atoms with Crippen molar-refractivity contribution in [1.29, 1.82) is 0 Å². The summed E-state index contributed by atoms with van der Waals surface area (Å²) in [7, 11) is 0. The minimum absolute atomic E-state index is 0.176. The molecule has 3 rings (SSSR count). The van der Waals surface area contributed by atoms with Crippen LogP contribution in [0.1, 0.15) is 5.56 Å². The maximum atomic E-state index is 5.93. The summed E-state index contributed by atoms with van der Waals surface area (Å²) in [6.07, 6.45) is 1.13. The van der Waals surface area contributed by atoms with E-state index in [1.807, 2.05) is 24.3 Å². The van der Waals surface area contributed by atoms with E-state index >= 15 is 0 Å². The summed E-state index contributed by atoms with van der Waals surface area (Å²) in [5.41, 5.74) is 2.33. The minimum atomic E-state index is 0.176. The maximum absolute atomic E-state index is 5.93. The number of fused-ring (bicyclic) bond motifs is 1. The quantitative estimate of drug-likeness (QED) is 0.661. The van der Waals surface area contributed by atoms with Crippen LogP contribution in [0.2, 0.25) is 0 Å². The van der Waals surface area contributed by atoms with Crippen LogP contribution < -0.4 is 10.1 Å². The molecule has 1 atom stereocenters. The van der Waals surface area contributed by atoms with Crippen molar-refractivity contribution in [3.8, 4) is 5.75 Å². The summed E-state index contributed by atoms with van der Waals surface area (Å²) >= 11 is 10.6. The Morgan fingerprint density at radius 1 is 1.10 bits per heavy atom. The molecule has 0 aliphatic carbocycles. The molecule has 2 aromatic rings. The second-order valence-electron chi connectivity index (χ2n) is 4.68. The lowest BCUT2D eigenvalue weighted by Gasteiger charge is -2.15. The number of benzene rings is 2. The highest BCUT2D eigenvalue weighted by molar-refractivity contribution is 9.11. The second-order valence-corrected chi connectivity index (χ2v) is 7.30. The molecule has 1 heterocycles. The average molecular weight is 462 g/mol. The fraction of sp³-hybridized carbons (Fsp3) is 0.200. The predicted molar refractivity (Wildman–Crippen MR) is 92.6 cm³/mol. The molecular weight excluding hydrogens is 450 g/mol. The molecule has 0 spiro atoms. The molecule has 20 heavy (non-hydrogen) atoms. The lowest BCUT2D eigenvalue weighted by atomic mass is 10.1. The average Bonchev–Trinajstić information content (AvgIpc) is 2.80. The van der Waals surface area contributed by atoms with Crippen LogP contribution in [0.5, 0.6) is 5.75 Å². The van der Waals surface area contributed by atoms with E-state index in [2.05, 4.69) is 65.2 Å². The van der Waals surface area contributed by atoms with E-state index < -0.39 is 0 Å². The number of anilines is 1. The van der Waals surface area contributed by atoms with Crippen molar-refractivity contribution >= 4 is 53.5 Å². The molecule has 0 bridgehead atoms. The molecule has 0 saturated carbocycles. The molecule has 5 heteroatoms. The van der Waals surface area contributed by atoms with Gasteiger partial charge >= 0.3 is 0 Å². The molecule has 104 valence electrons. The van der Waals surface area contributed by atoms with Gasteiger partial charge in [0.05, 0.1) is 12.2 Å². The Hall–Kier alpha value is -0.520. The molecule has 1 aliphatic rings. The van der Waals surface area contributed by atoms with Crippen molar-refractivity contribution in [2.45, 2.75) is 12.5 Å². The second kappa shape index (κ2) is 6.08. The van der Waals surface area contributed by atoms with Crippen LogP contribution in [0, 0.1) is 0 Å². The van der Waals surface area contributed by atoms with Crippen LogP contribution in [0.3, 0.4) is 0 Å². The Kier molecular flexibility index (Phi) is 4.38. The Morgan fingerprint density at radius 2 is 1.80 bits per heavy atom. The van der Waals surface area contributed by atoms with Crippen LogP contribution in [0.15, 0.2) is 49.8 Å². The van der Waals surface area contributed by atoms with E-state index in [1.54, 1.807) is 0 Å². The van der Waals surface area contributed by atoms with Gasteiger partial charge in [0, 0.05) is 19.8 Å². The zero-order valence-corrected chi connectivity index (χ0v) is 15.3. The fourth-order valence-electron chi connectivity index (χ4n) is 2.29. The summed E-state index contributed by atoms with van der Waals surface area (Å²) in [6, 6.07) is 12.3. The molecule has 0 aromatic heterocycles. The summed E-state index contributed by atoms with van der Waals surface area (Å²) in [5.74, 6) is 1.01. The number of rotatable bonds is 3. The molecule has 1 N–H and O–H groups in total. The molecule has 1 unspecified atom stereocenters. The van der Waals surface area contributed by atoms with Gasteiger partial charge in [-0.3, -0.25) is 0 Å². The summed E-state index contributed by atoms with van der Waals surface area (Å²) in [4.78, 5) is 0. The third-order valence-corrected chi connectivity index (χ3v) is 4.94. The van der Waals surface area contributed by atoms with E-state index in [4.69, 9.17) is 4.74 Å². The first-order chi connectivity index (χ1) is 9.63. The highest BCUT2D eigenvalue weighted by atomic mass is 79.9. The van der Waals surface area contributed by atoms with E-state index in [9.17, 15) is 0 Å². The van der Waals surface area contributed by atoms with Gasteiger partial charge in [0.2, 0.25) is 0 Å². The number of nitrogens with one attached hydrogen (secondary N) is 1. The monoisotopic (exact) mass is 459 g/mol. The predicted octanol–water partition coefficient (Wildman–Crippen LogP) is 5.39. The standard InChI is InChI=1S/C15H12Br3NO/c16-10-6-12(17)15(13(18)7-10)19-8-11-5-9-3-1-2-4-14(9)20-11/h1-4,6-7,11,19H,5,8H2. The summed E-state index contributed by atoms with van der Waals surface area (Å²) in [6.45, 7) is 0.771. The van der Waals surface area contributed by atoms with E-state index in [-0.39, 0.29) is 6.10 Å². The van der Waals surface area contributed by atoms with Gasteiger partial charge in [-0.05, 0) is 55.6 Å². The fourth-order valence-corrected chi connectivity index (χ4v) is 4.83. The largest absolute Gasteiger partial charge is 0.488 e. The van der Waals surface area contributed by atoms with Gasteiger partial charge in [-0.2, -0.15) is 0 Å². The molecular formula is C15H12Br3NO. The molecule has 0 fully saturated rings. The van der Waals surface area contributed by atoms with Gasteiger partial charge in [-0.1, -0.05) is 34.1 Å². The Labute approximate surface area is 143 Å². The van der Waals surface area contributed by atoms with E-state index in [1.165, 1.54) is 5.56 Å². The number of ether oxygens (including phenoxy) is 1. The first-order valence-corrected chi connectivity index (χ1v) is 8.64. The van der Waals surface area contributed by atoms with Gasteiger partial charge in [0.15, 0.2) is 0 Å². The zero-order valence-electron chi connectivity index (χ0n) is 10.5. The maximum Gasteiger partial charge on any atom is 0.123 e. The van der Waals surface area contributed by atoms with Gasteiger partial charge in [0.1, 0.15) is 11.9 Å².